The van der Waals surface area contributed by atoms with Crippen LogP contribution in [0.5, 0.6) is 0 Å². The van der Waals surface area contributed by atoms with E-state index >= 15 is 0 Å². The Labute approximate surface area is 116 Å². The molecular weight excluding hydrogens is 271 g/mol. The van der Waals surface area contributed by atoms with Crippen molar-refractivity contribution in [3.63, 3.8) is 0 Å². The Bertz CT molecular complexity index is 533. The summed E-state index contributed by atoms with van der Waals surface area (Å²) < 4.78 is 5.18. The molecule has 2 rings (SSSR count). The molecular formula is C14H12Cl2O2. The lowest BCUT2D eigenvalue weighted by Crippen LogP contribution is -2.04. The summed E-state index contributed by atoms with van der Waals surface area (Å²) >= 11 is 11.9. The van der Waals surface area contributed by atoms with Gasteiger partial charge in [0.1, 0.15) is 11.5 Å². The number of halogens is 2. The fraction of sp³-hybridized carbons (Fsp3) is 0.214. The van der Waals surface area contributed by atoms with Gasteiger partial charge in [0.15, 0.2) is 0 Å². The molecule has 4 heteroatoms. The van der Waals surface area contributed by atoms with Gasteiger partial charge in [0.25, 0.3) is 0 Å². The van der Waals surface area contributed by atoms with E-state index in [1.165, 1.54) is 0 Å². The Morgan fingerprint density at radius 3 is 2.72 bits per heavy atom. The highest BCUT2D eigenvalue weighted by Crippen LogP contribution is 2.26. The minimum atomic E-state index is 0.121. The van der Waals surface area contributed by atoms with Gasteiger partial charge >= 0.3 is 0 Å². The number of rotatable bonds is 5. The highest BCUT2D eigenvalue weighted by atomic mass is 35.5. The van der Waals surface area contributed by atoms with Gasteiger partial charge in [-0.25, -0.2) is 0 Å². The molecule has 0 fully saturated rings. The Morgan fingerprint density at radius 2 is 2.00 bits per heavy atom. The Hall–Kier alpha value is -1.25. The maximum Gasteiger partial charge on any atom is 0.137 e. The van der Waals surface area contributed by atoms with E-state index in [0.29, 0.717) is 29.3 Å². The molecule has 2 nitrogen and oxygen atoms in total. The monoisotopic (exact) mass is 282 g/mol. The van der Waals surface area contributed by atoms with Gasteiger partial charge in [-0.3, -0.25) is 4.79 Å². The van der Waals surface area contributed by atoms with Crippen LogP contribution in [-0.2, 0) is 17.6 Å². The van der Waals surface area contributed by atoms with Crippen LogP contribution in [0.4, 0.5) is 0 Å². The smallest absolute Gasteiger partial charge is 0.137 e. The van der Waals surface area contributed by atoms with Gasteiger partial charge in [-0.15, -0.1) is 0 Å². The van der Waals surface area contributed by atoms with E-state index in [9.17, 15) is 4.79 Å². The van der Waals surface area contributed by atoms with Crippen LogP contribution in [0.3, 0.4) is 0 Å². The number of benzene rings is 1. The van der Waals surface area contributed by atoms with Crippen molar-refractivity contribution in [3.05, 3.63) is 58.0 Å². The third-order valence-electron chi connectivity index (χ3n) is 2.65. The van der Waals surface area contributed by atoms with Gasteiger partial charge in [0.05, 0.1) is 16.3 Å². The Balaban J connectivity index is 1.93. The van der Waals surface area contributed by atoms with Gasteiger partial charge in [-0.2, -0.15) is 0 Å². The van der Waals surface area contributed by atoms with Crippen molar-refractivity contribution in [2.24, 2.45) is 0 Å². The van der Waals surface area contributed by atoms with E-state index in [-0.39, 0.29) is 5.78 Å². The number of carbonyl (C=O) groups is 1. The molecule has 2 aromatic rings. The third kappa shape index (κ3) is 3.37. The molecule has 1 heterocycles. The minimum Gasteiger partial charge on any atom is -0.469 e. The van der Waals surface area contributed by atoms with Crippen LogP contribution < -0.4 is 0 Å². The predicted octanol–water partition coefficient (Wildman–Crippen LogP) is 4.33. The topological polar surface area (TPSA) is 30.2 Å². The summed E-state index contributed by atoms with van der Waals surface area (Å²) in [5.41, 5.74) is 0.772. The number of furan rings is 1. The maximum absolute atomic E-state index is 11.8. The molecule has 0 amide bonds. The molecule has 0 saturated carbocycles. The van der Waals surface area contributed by atoms with E-state index in [1.807, 2.05) is 18.2 Å². The number of ketones is 1. The summed E-state index contributed by atoms with van der Waals surface area (Å²) in [5.74, 6) is 0.941. The zero-order chi connectivity index (χ0) is 13.0. The highest BCUT2D eigenvalue weighted by molar-refractivity contribution is 6.42. The van der Waals surface area contributed by atoms with Crippen LogP contribution in [-0.4, -0.2) is 5.78 Å². The number of hydrogen-bond donors (Lipinski definition) is 0. The standard InChI is InChI=1S/C14H12Cl2O2/c15-13-5-1-3-10(14(13)16)9-11(17)6-7-12-4-2-8-18-12/h1-5,8H,6-7,9H2. The van der Waals surface area contributed by atoms with E-state index in [1.54, 1.807) is 18.4 Å². The summed E-state index contributed by atoms with van der Waals surface area (Å²) in [4.78, 5) is 11.8. The predicted molar refractivity (Wildman–Crippen MR) is 72.2 cm³/mol. The normalized spacial score (nSPS) is 10.6. The van der Waals surface area contributed by atoms with Crippen LogP contribution in [0, 0.1) is 0 Å². The van der Waals surface area contributed by atoms with Gasteiger partial charge < -0.3 is 4.42 Å². The van der Waals surface area contributed by atoms with Crippen molar-refractivity contribution in [1.82, 2.24) is 0 Å². The van der Waals surface area contributed by atoms with Crippen LogP contribution >= 0.6 is 23.2 Å². The largest absolute Gasteiger partial charge is 0.469 e. The number of carbonyl (C=O) groups excluding carboxylic acids is 1. The summed E-state index contributed by atoms with van der Waals surface area (Å²) in [5, 5.41) is 0.943. The van der Waals surface area contributed by atoms with Crippen molar-refractivity contribution >= 4 is 29.0 Å². The molecule has 0 unspecified atom stereocenters. The third-order valence-corrected chi connectivity index (χ3v) is 3.51. The second kappa shape index (κ2) is 6.07. The number of hydrogen-bond acceptors (Lipinski definition) is 2. The van der Waals surface area contributed by atoms with Crippen molar-refractivity contribution in [2.75, 3.05) is 0 Å². The maximum atomic E-state index is 11.8. The SMILES string of the molecule is O=C(CCc1ccco1)Cc1cccc(Cl)c1Cl. The van der Waals surface area contributed by atoms with Crippen molar-refractivity contribution in [3.8, 4) is 0 Å². The molecule has 0 spiro atoms. The molecule has 0 saturated heterocycles. The average molecular weight is 283 g/mol. The summed E-state index contributed by atoms with van der Waals surface area (Å²) in [6, 6.07) is 9.00. The molecule has 94 valence electrons. The first-order chi connectivity index (χ1) is 8.66. The van der Waals surface area contributed by atoms with Gasteiger partial charge in [0, 0.05) is 19.3 Å². The lowest BCUT2D eigenvalue weighted by Gasteiger charge is -2.04. The molecule has 1 aromatic carbocycles. The molecule has 18 heavy (non-hydrogen) atoms. The first-order valence-electron chi connectivity index (χ1n) is 5.64. The zero-order valence-corrected chi connectivity index (χ0v) is 11.2. The summed E-state index contributed by atoms with van der Waals surface area (Å²) in [6.45, 7) is 0. The summed E-state index contributed by atoms with van der Waals surface area (Å²) in [6.07, 6.45) is 2.97. The van der Waals surface area contributed by atoms with Crippen molar-refractivity contribution in [1.29, 1.82) is 0 Å². The average Bonchev–Trinajstić information content (AvgIpc) is 2.86. The number of aryl methyl sites for hydroxylation is 1. The second-order valence-electron chi connectivity index (χ2n) is 4.01. The van der Waals surface area contributed by atoms with E-state index in [4.69, 9.17) is 27.6 Å². The minimum absolute atomic E-state index is 0.121. The zero-order valence-electron chi connectivity index (χ0n) is 9.66. The molecule has 0 aliphatic carbocycles. The molecule has 1 aromatic heterocycles. The highest BCUT2D eigenvalue weighted by Gasteiger charge is 2.10. The molecule has 0 radical (unpaired) electrons. The van der Waals surface area contributed by atoms with E-state index in [0.717, 1.165) is 11.3 Å². The first kappa shape index (κ1) is 13.2. The van der Waals surface area contributed by atoms with Crippen LogP contribution in [0.1, 0.15) is 17.7 Å². The van der Waals surface area contributed by atoms with Crippen molar-refractivity contribution < 1.29 is 9.21 Å². The lowest BCUT2D eigenvalue weighted by molar-refractivity contribution is -0.118. The van der Waals surface area contributed by atoms with E-state index < -0.39 is 0 Å². The number of Topliss-reactive ketones (excluding diaryl/α,β-unsaturated/α-hetero) is 1. The fourth-order valence-corrected chi connectivity index (χ4v) is 2.09. The quantitative estimate of drug-likeness (QED) is 0.817. The Morgan fingerprint density at radius 1 is 1.17 bits per heavy atom. The van der Waals surface area contributed by atoms with Crippen LogP contribution in [0.15, 0.2) is 41.0 Å². The lowest BCUT2D eigenvalue weighted by atomic mass is 10.1. The molecule has 0 atom stereocenters. The van der Waals surface area contributed by atoms with E-state index in [2.05, 4.69) is 0 Å². The Kier molecular flexibility index (Phi) is 4.45. The second-order valence-corrected chi connectivity index (χ2v) is 4.79. The van der Waals surface area contributed by atoms with Crippen molar-refractivity contribution in [2.45, 2.75) is 19.3 Å². The summed E-state index contributed by atoms with van der Waals surface area (Å²) in [7, 11) is 0. The van der Waals surface area contributed by atoms with Gasteiger partial charge in [-0.05, 0) is 23.8 Å². The van der Waals surface area contributed by atoms with Gasteiger partial charge in [-0.1, -0.05) is 35.3 Å². The molecule has 0 bridgehead atoms. The first-order valence-corrected chi connectivity index (χ1v) is 6.39. The van der Waals surface area contributed by atoms with Crippen LogP contribution in [0.2, 0.25) is 10.0 Å². The fourth-order valence-electron chi connectivity index (χ4n) is 1.70. The molecule has 0 N–H and O–H groups in total. The van der Waals surface area contributed by atoms with Crippen LogP contribution in [0.25, 0.3) is 0 Å². The molecule has 0 aliphatic heterocycles. The molecule has 0 aliphatic rings. The van der Waals surface area contributed by atoms with Gasteiger partial charge in [0.2, 0.25) is 0 Å².